The number of esters is 1. The maximum Gasteiger partial charge on any atom is 0.339 e. The second-order valence-corrected chi connectivity index (χ2v) is 5.31. The Hall–Kier alpha value is -1.84. The van der Waals surface area contributed by atoms with Gasteiger partial charge in [0.1, 0.15) is 0 Å². The number of benzene rings is 1. The molecule has 1 aromatic rings. The summed E-state index contributed by atoms with van der Waals surface area (Å²) in [5.74, 6) is 0.924. The molecule has 2 atom stereocenters. The number of hydrogen-bond donors (Lipinski definition) is 1. The van der Waals surface area contributed by atoms with Gasteiger partial charge in [-0.25, -0.2) is 4.79 Å². The smallest absolute Gasteiger partial charge is 0.339 e. The monoisotopic (exact) mass is 259 g/mol. The van der Waals surface area contributed by atoms with Crippen LogP contribution in [-0.2, 0) is 9.53 Å². The minimum absolute atomic E-state index is 0.0473. The minimum Gasteiger partial charge on any atom is -0.465 e. The number of amides is 1. The van der Waals surface area contributed by atoms with E-state index in [2.05, 4.69) is 5.32 Å². The average Bonchev–Trinajstić information content (AvgIpc) is 2.92. The summed E-state index contributed by atoms with van der Waals surface area (Å²) < 4.78 is 4.72. The average molecular weight is 259 g/mol. The van der Waals surface area contributed by atoms with Gasteiger partial charge in [0.2, 0.25) is 5.91 Å². The van der Waals surface area contributed by atoms with Crippen LogP contribution in [0.2, 0.25) is 0 Å². The Morgan fingerprint density at radius 2 is 1.89 bits per heavy atom. The van der Waals surface area contributed by atoms with Gasteiger partial charge in [-0.15, -0.1) is 0 Å². The molecule has 2 unspecified atom stereocenters. The van der Waals surface area contributed by atoms with Gasteiger partial charge in [-0.05, 0) is 36.8 Å². The molecule has 19 heavy (non-hydrogen) atoms. The molecule has 0 radical (unpaired) electrons. The molecule has 0 aromatic heterocycles. The van der Waals surface area contributed by atoms with Crippen molar-refractivity contribution in [3.05, 3.63) is 29.8 Å². The van der Waals surface area contributed by atoms with Gasteiger partial charge in [0, 0.05) is 5.92 Å². The highest BCUT2D eigenvalue weighted by Gasteiger charge is 2.56. The third-order valence-corrected chi connectivity index (χ3v) is 4.30. The molecule has 100 valence electrons. The van der Waals surface area contributed by atoms with Crippen LogP contribution in [0.5, 0.6) is 0 Å². The molecule has 2 aliphatic carbocycles. The number of fused-ring (bicyclic) bond motifs is 1. The van der Waals surface area contributed by atoms with E-state index in [1.165, 1.54) is 26.4 Å². The van der Waals surface area contributed by atoms with Gasteiger partial charge in [-0.3, -0.25) is 4.79 Å². The predicted octanol–water partition coefficient (Wildman–Crippen LogP) is 2.46. The lowest BCUT2D eigenvalue weighted by Gasteiger charge is -2.10. The molecule has 0 spiro atoms. The second-order valence-electron chi connectivity index (χ2n) is 5.31. The summed E-state index contributed by atoms with van der Waals surface area (Å²) in [7, 11) is 1.34. The van der Waals surface area contributed by atoms with Crippen LogP contribution in [0, 0.1) is 17.8 Å². The first kappa shape index (κ1) is 12.2. The first-order valence-electron chi connectivity index (χ1n) is 6.70. The summed E-state index contributed by atoms with van der Waals surface area (Å²) in [5.41, 5.74) is 0.952. The first-order valence-corrected chi connectivity index (χ1v) is 6.70. The second kappa shape index (κ2) is 4.68. The molecule has 1 aromatic carbocycles. The summed E-state index contributed by atoms with van der Waals surface area (Å²) in [5, 5.41) is 2.88. The van der Waals surface area contributed by atoms with E-state index in [4.69, 9.17) is 4.74 Å². The van der Waals surface area contributed by atoms with Crippen LogP contribution in [-0.4, -0.2) is 19.0 Å². The summed E-state index contributed by atoms with van der Waals surface area (Å²) >= 11 is 0. The van der Waals surface area contributed by atoms with Gasteiger partial charge >= 0.3 is 5.97 Å². The minimum atomic E-state index is -0.424. The van der Waals surface area contributed by atoms with Crippen LogP contribution in [0.1, 0.15) is 29.6 Å². The first-order chi connectivity index (χ1) is 9.22. The van der Waals surface area contributed by atoms with Crippen LogP contribution >= 0.6 is 0 Å². The Morgan fingerprint density at radius 1 is 1.21 bits per heavy atom. The van der Waals surface area contributed by atoms with Crippen LogP contribution in [0.15, 0.2) is 24.3 Å². The fraction of sp³-hybridized carbons (Fsp3) is 0.467. The van der Waals surface area contributed by atoms with Crippen molar-refractivity contribution >= 4 is 17.6 Å². The van der Waals surface area contributed by atoms with Gasteiger partial charge in [0.05, 0.1) is 18.4 Å². The third-order valence-electron chi connectivity index (χ3n) is 4.30. The fourth-order valence-corrected chi connectivity index (χ4v) is 3.31. The van der Waals surface area contributed by atoms with Gasteiger partial charge in [-0.2, -0.15) is 0 Å². The normalized spacial score (nSPS) is 27.5. The molecular weight excluding hydrogens is 242 g/mol. The molecule has 4 heteroatoms. The molecule has 1 amide bonds. The highest BCUT2D eigenvalue weighted by molar-refractivity contribution is 6.02. The highest BCUT2D eigenvalue weighted by Crippen LogP contribution is 2.57. The van der Waals surface area contributed by atoms with E-state index in [9.17, 15) is 9.59 Å². The maximum absolute atomic E-state index is 12.2. The lowest BCUT2D eigenvalue weighted by atomic mass is 10.1. The van der Waals surface area contributed by atoms with Crippen molar-refractivity contribution in [2.45, 2.75) is 19.3 Å². The van der Waals surface area contributed by atoms with Crippen molar-refractivity contribution in [2.75, 3.05) is 12.4 Å². The van der Waals surface area contributed by atoms with Crippen molar-refractivity contribution in [2.24, 2.45) is 17.8 Å². The molecular formula is C15H17NO3. The summed E-state index contributed by atoms with van der Waals surface area (Å²) in [6.45, 7) is 0. The Kier molecular flexibility index (Phi) is 3.01. The van der Waals surface area contributed by atoms with Gasteiger partial charge in [0.25, 0.3) is 0 Å². The number of anilines is 1. The molecule has 3 rings (SSSR count). The quantitative estimate of drug-likeness (QED) is 0.848. The summed E-state index contributed by atoms with van der Waals surface area (Å²) in [6.07, 6.45) is 3.58. The Morgan fingerprint density at radius 3 is 2.58 bits per heavy atom. The highest BCUT2D eigenvalue weighted by atomic mass is 16.5. The van der Waals surface area contributed by atoms with Crippen molar-refractivity contribution in [3.8, 4) is 0 Å². The number of nitrogens with one attached hydrogen (secondary N) is 1. The van der Waals surface area contributed by atoms with E-state index in [-0.39, 0.29) is 11.8 Å². The largest absolute Gasteiger partial charge is 0.465 e. The molecule has 0 saturated heterocycles. The maximum atomic E-state index is 12.2. The van der Waals surface area contributed by atoms with Gasteiger partial charge in [0.15, 0.2) is 0 Å². The number of rotatable bonds is 3. The topological polar surface area (TPSA) is 55.4 Å². The van der Waals surface area contributed by atoms with E-state index in [0.717, 1.165) is 0 Å². The zero-order valence-electron chi connectivity index (χ0n) is 10.9. The zero-order valence-corrected chi connectivity index (χ0v) is 10.9. The van der Waals surface area contributed by atoms with Crippen molar-refractivity contribution in [1.82, 2.24) is 0 Å². The Bertz CT molecular complexity index is 516. The summed E-state index contributed by atoms with van der Waals surface area (Å²) in [6, 6.07) is 6.96. The van der Waals surface area contributed by atoms with Crippen LogP contribution in [0.3, 0.4) is 0 Å². The van der Waals surface area contributed by atoms with Gasteiger partial charge < -0.3 is 10.1 Å². The van der Waals surface area contributed by atoms with Crippen LogP contribution in [0.25, 0.3) is 0 Å². The molecule has 0 bridgehead atoms. The standard InChI is InChI=1S/C15H17NO3/c1-19-15(18)11-5-2-3-8-12(11)16-14(17)13-9-6-4-7-10(9)13/h2-3,5,8-10,13H,4,6-7H2,1H3,(H,16,17). The molecule has 2 fully saturated rings. The number of para-hydroxylation sites is 1. The number of ether oxygens (including phenoxy) is 1. The number of hydrogen-bond acceptors (Lipinski definition) is 3. The van der Waals surface area contributed by atoms with E-state index in [1.54, 1.807) is 24.3 Å². The zero-order chi connectivity index (χ0) is 13.4. The molecule has 4 nitrogen and oxygen atoms in total. The Labute approximate surface area is 112 Å². The van der Waals surface area contributed by atoms with Crippen LogP contribution in [0.4, 0.5) is 5.69 Å². The molecule has 0 heterocycles. The fourth-order valence-electron chi connectivity index (χ4n) is 3.31. The van der Waals surface area contributed by atoms with E-state index < -0.39 is 5.97 Å². The van der Waals surface area contributed by atoms with E-state index in [1.807, 2.05) is 0 Å². The molecule has 2 saturated carbocycles. The molecule has 1 N–H and O–H groups in total. The van der Waals surface area contributed by atoms with Crippen molar-refractivity contribution < 1.29 is 14.3 Å². The Balaban J connectivity index is 1.73. The SMILES string of the molecule is COC(=O)c1ccccc1NC(=O)C1C2CCCC21. The number of methoxy groups -OCH3 is 1. The van der Waals surface area contributed by atoms with E-state index in [0.29, 0.717) is 23.1 Å². The van der Waals surface area contributed by atoms with Crippen molar-refractivity contribution in [1.29, 1.82) is 0 Å². The van der Waals surface area contributed by atoms with Crippen LogP contribution < -0.4 is 5.32 Å². The van der Waals surface area contributed by atoms with Crippen molar-refractivity contribution in [3.63, 3.8) is 0 Å². The molecule has 0 aliphatic heterocycles. The lowest BCUT2D eigenvalue weighted by Crippen LogP contribution is -2.18. The number of carbonyl (C=O) groups is 2. The third kappa shape index (κ3) is 2.11. The lowest BCUT2D eigenvalue weighted by molar-refractivity contribution is -0.118. The summed E-state index contributed by atoms with van der Waals surface area (Å²) in [4.78, 5) is 23.8. The molecule has 2 aliphatic rings. The predicted molar refractivity (Wildman–Crippen MR) is 70.7 cm³/mol. The van der Waals surface area contributed by atoms with Gasteiger partial charge in [-0.1, -0.05) is 18.6 Å². The number of carbonyl (C=O) groups excluding carboxylic acids is 2. The van der Waals surface area contributed by atoms with E-state index >= 15 is 0 Å².